The highest BCUT2D eigenvalue weighted by Crippen LogP contribution is 2.16. The number of nitrogens with one attached hydrogen (secondary N) is 2. The van der Waals surface area contributed by atoms with E-state index in [2.05, 4.69) is 25.7 Å². The molecule has 0 aliphatic heterocycles. The third-order valence-electron chi connectivity index (χ3n) is 3.47. The van der Waals surface area contributed by atoms with Gasteiger partial charge in [0.05, 0.1) is 12.3 Å². The fourth-order valence-electron chi connectivity index (χ4n) is 2.39. The lowest BCUT2D eigenvalue weighted by molar-refractivity contribution is -0.121. The van der Waals surface area contributed by atoms with Crippen molar-refractivity contribution in [3.8, 4) is 0 Å². The SMILES string of the molecule is CCOC(=O)NNC(=O)CCc1c(C)nc2cc(C)nn2c1C. The molecule has 0 bridgehead atoms. The van der Waals surface area contributed by atoms with Crippen LogP contribution in [-0.4, -0.2) is 33.2 Å². The fourth-order valence-corrected chi connectivity index (χ4v) is 2.39. The molecule has 2 N–H and O–H groups in total. The summed E-state index contributed by atoms with van der Waals surface area (Å²) in [5.41, 5.74) is 9.02. The number of aryl methyl sites for hydroxylation is 3. The molecule has 0 spiro atoms. The minimum absolute atomic E-state index is 0.224. The predicted molar refractivity (Wildman–Crippen MR) is 83.8 cm³/mol. The molecule has 0 aliphatic rings. The van der Waals surface area contributed by atoms with E-state index in [1.165, 1.54) is 0 Å². The van der Waals surface area contributed by atoms with E-state index in [0.717, 1.165) is 28.3 Å². The zero-order valence-corrected chi connectivity index (χ0v) is 13.8. The van der Waals surface area contributed by atoms with E-state index in [1.54, 1.807) is 11.4 Å². The number of ether oxygens (including phenoxy) is 1. The Kier molecular flexibility index (Phi) is 5.15. The summed E-state index contributed by atoms with van der Waals surface area (Å²) in [5, 5.41) is 4.40. The second-order valence-corrected chi connectivity index (χ2v) is 5.21. The highest BCUT2D eigenvalue weighted by Gasteiger charge is 2.13. The van der Waals surface area contributed by atoms with Gasteiger partial charge in [0.2, 0.25) is 5.91 Å². The van der Waals surface area contributed by atoms with E-state index in [4.69, 9.17) is 0 Å². The standard InChI is InChI=1S/C15H21N5O3/c1-5-23-15(22)18-17-14(21)7-6-12-10(3)16-13-8-9(2)19-20(13)11(12)4/h8H,5-7H2,1-4H3,(H,17,21)(H,18,22). The monoisotopic (exact) mass is 319 g/mol. The Morgan fingerprint density at radius 1 is 1.26 bits per heavy atom. The third kappa shape index (κ3) is 3.97. The number of fused-ring (bicyclic) bond motifs is 1. The molecule has 0 unspecified atom stereocenters. The largest absolute Gasteiger partial charge is 0.449 e. The molecule has 0 aliphatic carbocycles. The first-order valence-electron chi connectivity index (χ1n) is 7.46. The lowest BCUT2D eigenvalue weighted by Gasteiger charge is -2.11. The summed E-state index contributed by atoms with van der Waals surface area (Å²) in [6, 6.07) is 1.92. The molecule has 0 atom stereocenters. The fraction of sp³-hybridized carbons (Fsp3) is 0.467. The van der Waals surface area contributed by atoms with E-state index in [9.17, 15) is 9.59 Å². The Balaban J connectivity index is 2.01. The van der Waals surface area contributed by atoms with Crippen LogP contribution < -0.4 is 10.9 Å². The van der Waals surface area contributed by atoms with Gasteiger partial charge >= 0.3 is 6.09 Å². The van der Waals surface area contributed by atoms with Crippen LogP contribution in [0.4, 0.5) is 4.79 Å². The molecule has 0 fully saturated rings. The Hall–Kier alpha value is -2.64. The maximum Gasteiger partial charge on any atom is 0.426 e. The first-order valence-corrected chi connectivity index (χ1v) is 7.46. The lowest BCUT2D eigenvalue weighted by atomic mass is 10.1. The van der Waals surface area contributed by atoms with Crippen molar-refractivity contribution in [1.82, 2.24) is 25.4 Å². The van der Waals surface area contributed by atoms with Crippen LogP contribution in [0.3, 0.4) is 0 Å². The molecule has 2 aromatic heterocycles. The Bertz CT molecular complexity index is 738. The van der Waals surface area contributed by atoms with Crippen LogP contribution in [0.1, 0.15) is 36.0 Å². The number of hydrazine groups is 1. The smallest absolute Gasteiger partial charge is 0.426 e. The van der Waals surface area contributed by atoms with Crippen molar-refractivity contribution < 1.29 is 14.3 Å². The molecule has 2 heterocycles. The van der Waals surface area contributed by atoms with Crippen molar-refractivity contribution in [1.29, 1.82) is 0 Å². The zero-order valence-electron chi connectivity index (χ0n) is 13.8. The summed E-state index contributed by atoms with van der Waals surface area (Å²) in [7, 11) is 0. The van der Waals surface area contributed by atoms with Gasteiger partial charge in [0, 0.05) is 23.9 Å². The van der Waals surface area contributed by atoms with Crippen LogP contribution >= 0.6 is 0 Å². The number of aromatic nitrogens is 3. The van der Waals surface area contributed by atoms with E-state index in [0.29, 0.717) is 6.42 Å². The zero-order chi connectivity index (χ0) is 17.0. The molecule has 0 saturated carbocycles. The third-order valence-corrected chi connectivity index (χ3v) is 3.47. The molecule has 23 heavy (non-hydrogen) atoms. The summed E-state index contributed by atoms with van der Waals surface area (Å²) in [6.07, 6.45) is 0.0560. The molecule has 2 rings (SSSR count). The van der Waals surface area contributed by atoms with Crippen LogP contribution in [0, 0.1) is 20.8 Å². The quantitative estimate of drug-likeness (QED) is 0.829. The molecule has 124 valence electrons. The van der Waals surface area contributed by atoms with E-state index in [1.807, 2.05) is 26.8 Å². The van der Waals surface area contributed by atoms with Crippen molar-refractivity contribution in [2.24, 2.45) is 0 Å². The van der Waals surface area contributed by atoms with Gasteiger partial charge in [0.15, 0.2) is 5.65 Å². The number of hydrogen-bond acceptors (Lipinski definition) is 5. The minimum atomic E-state index is -0.677. The van der Waals surface area contributed by atoms with Gasteiger partial charge in [0.1, 0.15) is 0 Å². The average molecular weight is 319 g/mol. The van der Waals surface area contributed by atoms with E-state index < -0.39 is 6.09 Å². The summed E-state index contributed by atoms with van der Waals surface area (Å²) in [5.74, 6) is -0.298. The van der Waals surface area contributed by atoms with Gasteiger partial charge in [-0.1, -0.05) is 0 Å². The molecule has 2 amide bonds. The van der Waals surface area contributed by atoms with Gasteiger partial charge in [-0.3, -0.25) is 10.2 Å². The first kappa shape index (κ1) is 16.7. The second kappa shape index (κ2) is 7.08. The van der Waals surface area contributed by atoms with Crippen LogP contribution in [-0.2, 0) is 16.0 Å². The van der Waals surface area contributed by atoms with Crippen molar-refractivity contribution in [3.63, 3.8) is 0 Å². The number of hydrogen-bond donors (Lipinski definition) is 2. The van der Waals surface area contributed by atoms with E-state index >= 15 is 0 Å². The van der Waals surface area contributed by atoms with Crippen LogP contribution in [0.5, 0.6) is 0 Å². The highest BCUT2D eigenvalue weighted by atomic mass is 16.5. The highest BCUT2D eigenvalue weighted by molar-refractivity contribution is 5.79. The second-order valence-electron chi connectivity index (χ2n) is 5.21. The van der Waals surface area contributed by atoms with Gasteiger partial charge < -0.3 is 4.74 Å². The predicted octanol–water partition coefficient (Wildman–Crippen LogP) is 1.36. The summed E-state index contributed by atoms with van der Waals surface area (Å²) in [4.78, 5) is 27.4. The molecule has 0 radical (unpaired) electrons. The lowest BCUT2D eigenvalue weighted by Crippen LogP contribution is -2.42. The molecular formula is C15H21N5O3. The summed E-state index contributed by atoms with van der Waals surface area (Å²) in [6.45, 7) is 7.72. The van der Waals surface area contributed by atoms with E-state index in [-0.39, 0.29) is 18.9 Å². The summed E-state index contributed by atoms with van der Waals surface area (Å²) < 4.78 is 6.44. The molecule has 8 heteroatoms. The molecule has 8 nitrogen and oxygen atoms in total. The minimum Gasteiger partial charge on any atom is -0.449 e. The van der Waals surface area contributed by atoms with Crippen LogP contribution in [0.25, 0.3) is 5.65 Å². The number of carbonyl (C=O) groups excluding carboxylic acids is 2. The van der Waals surface area contributed by atoms with Crippen molar-refractivity contribution in [2.75, 3.05) is 6.61 Å². The van der Waals surface area contributed by atoms with Gasteiger partial charge in [-0.15, -0.1) is 0 Å². The first-order chi connectivity index (χ1) is 10.9. The molecule has 0 saturated heterocycles. The number of rotatable bonds is 4. The normalized spacial score (nSPS) is 10.6. The van der Waals surface area contributed by atoms with Gasteiger partial charge in [-0.2, -0.15) is 5.10 Å². The number of amides is 2. The van der Waals surface area contributed by atoms with Crippen molar-refractivity contribution >= 4 is 17.6 Å². The van der Waals surface area contributed by atoms with Crippen LogP contribution in [0.15, 0.2) is 6.07 Å². The summed E-state index contributed by atoms with van der Waals surface area (Å²) >= 11 is 0. The Morgan fingerprint density at radius 3 is 2.70 bits per heavy atom. The number of nitrogens with zero attached hydrogens (tertiary/aromatic N) is 3. The Morgan fingerprint density at radius 2 is 2.00 bits per heavy atom. The maximum absolute atomic E-state index is 11.8. The van der Waals surface area contributed by atoms with Gasteiger partial charge in [-0.05, 0) is 39.7 Å². The van der Waals surface area contributed by atoms with Crippen LogP contribution in [0.2, 0.25) is 0 Å². The molecule has 2 aromatic rings. The van der Waals surface area contributed by atoms with Gasteiger partial charge in [-0.25, -0.2) is 19.7 Å². The Labute approximate surface area is 134 Å². The maximum atomic E-state index is 11.8. The average Bonchev–Trinajstić information content (AvgIpc) is 2.86. The van der Waals surface area contributed by atoms with Gasteiger partial charge in [0.25, 0.3) is 0 Å². The molecule has 0 aromatic carbocycles. The molecular weight excluding hydrogens is 298 g/mol. The number of carbonyl (C=O) groups is 2. The topological polar surface area (TPSA) is 97.6 Å². The van der Waals surface area contributed by atoms with Crippen molar-refractivity contribution in [2.45, 2.75) is 40.5 Å². The van der Waals surface area contributed by atoms with Crippen molar-refractivity contribution in [3.05, 3.63) is 28.7 Å².